The van der Waals surface area contributed by atoms with Crippen LogP contribution >= 0.6 is 0 Å². The highest BCUT2D eigenvalue weighted by Gasteiger charge is 2.12. The van der Waals surface area contributed by atoms with E-state index in [1.54, 1.807) is 18.6 Å². The van der Waals surface area contributed by atoms with E-state index in [0.29, 0.717) is 0 Å². The maximum absolute atomic E-state index is 5.09. The fourth-order valence-electron chi connectivity index (χ4n) is 6.16. The normalized spacial score (nSPS) is 11.5. The number of aromatic nitrogens is 6. The molecular formula is C40H24N6. The predicted octanol–water partition coefficient (Wildman–Crippen LogP) is 9.34. The lowest BCUT2D eigenvalue weighted by Crippen LogP contribution is -1.90. The molecule has 0 unspecified atom stereocenters. The zero-order chi connectivity index (χ0) is 30.5. The summed E-state index contributed by atoms with van der Waals surface area (Å²) >= 11 is 0. The van der Waals surface area contributed by atoms with E-state index < -0.39 is 0 Å². The van der Waals surface area contributed by atoms with E-state index in [9.17, 15) is 0 Å². The molecule has 6 nitrogen and oxygen atoms in total. The number of pyridine rings is 4. The van der Waals surface area contributed by atoms with Crippen molar-refractivity contribution < 1.29 is 0 Å². The van der Waals surface area contributed by atoms with E-state index in [0.717, 1.165) is 88.5 Å². The summed E-state index contributed by atoms with van der Waals surface area (Å²) in [5.74, 6) is 0. The molecule has 0 aliphatic carbocycles. The van der Waals surface area contributed by atoms with Gasteiger partial charge in [-0.05, 0) is 64.7 Å². The molecule has 0 radical (unpaired) electrons. The molecule has 0 saturated heterocycles. The van der Waals surface area contributed by atoms with Gasteiger partial charge in [0.05, 0.1) is 39.7 Å². The summed E-state index contributed by atoms with van der Waals surface area (Å²) in [6.45, 7) is 0. The maximum atomic E-state index is 5.09. The van der Waals surface area contributed by atoms with Gasteiger partial charge in [-0.2, -0.15) is 0 Å². The lowest BCUT2D eigenvalue weighted by Gasteiger charge is -2.11. The van der Waals surface area contributed by atoms with Crippen molar-refractivity contribution in [2.24, 2.45) is 0 Å². The van der Waals surface area contributed by atoms with Gasteiger partial charge in [0.2, 0.25) is 0 Å². The van der Waals surface area contributed by atoms with E-state index in [-0.39, 0.29) is 0 Å². The van der Waals surface area contributed by atoms with Gasteiger partial charge < -0.3 is 0 Å². The van der Waals surface area contributed by atoms with Crippen molar-refractivity contribution in [3.8, 4) is 44.9 Å². The molecular weight excluding hydrogens is 564 g/mol. The van der Waals surface area contributed by atoms with Crippen molar-refractivity contribution in [2.45, 2.75) is 0 Å². The molecule has 46 heavy (non-hydrogen) atoms. The van der Waals surface area contributed by atoms with Gasteiger partial charge in [-0.1, -0.05) is 72.8 Å². The first-order valence-electron chi connectivity index (χ1n) is 15.1. The van der Waals surface area contributed by atoms with Gasteiger partial charge >= 0.3 is 0 Å². The molecule has 0 fully saturated rings. The highest BCUT2D eigenvalue weighted by atomic mass is 14.8. The average Bonchev–Trinajstić information content (AvgIpc) is 3.14. The summed E-state index contributed by atoms with van der Waals surface area (Å²) in [4.78, 5) is 27.8. The Balaban J connectivity index is 1.07. The molecule has 5 heterocycles. The van der Waals surface area contributed by atoms with Crippen LogP contribution in [0.3, 0.4) is 0 Å². The Bertz CT molecular complexity index is 2580. The van der Waals surface area contributed by atoms with E-state index in [1.807, 2.05) is 30.6 Å². The van der Waals surface area contributed by atoms with Crippen molar-refractivity contribution in [3.63, 3.8) is 0 Å². The summed E-state index contributed by atoms with van der Waals surface area (Å²) in [5.41, 5.74) is 11.7. The van der Waals surface area contributed by atoms with Gasteiger partial charge in [-0.15, -0.1) is 0 Å². The molecule has 0 N–H and O–H groups in total. The number of hydrogen-bond acceptors (Lipinski definition) is 6. The molecule has 0 bridgehead atoms. The fourth-order valence-corrected chi connectivity index (χ4v) is 6.16. The van der Waals surface area contributed by atoms with Crippen LogP contribution < -0.4 is 0 Å². The molecule has 4 aromatic carbocycles. The predicted molar refractivity (Wildman–Crippen MR) is 185 cm³/mol. The molecule has 0 spiro atoms. The first-order chi connectivity index (χ1) is 22.8. The largest absolute Gasteiger partial charge is 0.261 e. The maximum Gasteiger partial charge on any atom is 0.107 e. The van der Waals surface area contributed by atoms with Crippen LogP contribution in [-0.2, 0) is 0 Å². The molecule has 0 atom stereocenters. The standard InChI is InChI=1S/C40H24N6/c1-3-31-21-33(32-4-2-18-44-40(32)39(31)43-17-1)25-5-7-26(8-6-25)34-15-13-27-9-11-29(22-36(27)45-34)30-12-10-28-14-16-35(46-37(28)23-30)38-24-41-19-20-42-38/h1-24H. The third-order valence-electron chi connectivity index (χ3n) is 8.50. The number of benzene rings is 4. The van der Waals surface area contributed by atoms with Crippen molar-refractivity contribution in [2.75, 3.05) is 0 Å². The van der Waals surface area contributed by atoms with Crippen LogP contribution in [0.4, 0.5) is 0 Å². The second kappa shape index (κ2) is 10.6. The van der Waals surface area contributed by atoms with Crippen molar-refractivity contribution in [3.05, 3.63) is 146 Å². The second-order valence-electron chi connectivity index (χ2n) is 11.3. The molecule has 0 saturated carbocycles. The lowest BCUT2D eigenvalue weighted by atomic mass is 9.96. The van der Waals surface area contributed by atoms with E-state index >= 15 is 0 Å². The topological polar surface area (TPSA) is 77.3 Å². The van der Waals surface area contributed by atoms with Gasteiger partial charge in [0.1, 0.15) is 5.69 Å². The SMILES string of the molecule is c1cnc2c(c1)cc(-c1ccc(-c3ccc4ccc(-c5ccc6ccc(-c7cnccn7)nc6c5)cc4n3)cc1)c1cccnc12. The first-order valence-corrected chi connectivity index (χ1v) is 15.1. The van der Waals surface area contributed by atoms with Gasteiger partial charge in [0.15, 0.2) is 0 Å². The highest BCUT2D eigenvalue weighted by molar-refractivity contribution is 6.10. The third kappa shape index (κ3) is 4.52. The van der Waals surface area contributed by atoms with Crippen LogP contribution in [-0.4, -0.2) is 29.9 Å². The third-order valence-corrected chi connectivity index (χ3v) is 8.50. The molecule has 214 valence electrons. The van der Waals surface area contributed by atoms with Crippen molar-refractivity contribution in [1.29, 1.82) is 0 Å². The van der Waals surface area contributed by atoms with Gasteiger partial charge in [0, 0.05) is 51.9 Å². The van der Waals surface area contributed by atoms with E-state index in [1.165, 1.54) is 0 Å². The zero-order valence-corrected chi connectivity index (χ0v) is 24.5. The van der Waals surface area contributed by atoms with Gasteiger partial charge in [0.25, 0.3) is 0 Å². The summed E-state index contributed by atoms with van der Waals surface area (Å²) in [5, 5.41) is 4.34. The van der Waals surface area contributed by atoms with Crippen molar-refractivity contribution >= 4 is 43.6 Å². The minimum atomic E-state index is 0.755. The second-order valence-corrected chi connectivity index (χ2v) is 11.3. The minimum absolute atomic E-state index is 0.755. The Kier molecular flexibility index (Phi) is 6.03. The summed E-state index contributed by atoms with van der Waals surface area (Å²) in [6, 6.07) is 40.1. The molecule has 9 rings (SSSR count). The van der Waals surface area contributed by atoms with Gasteiger partial charge in [-0.25, -0.2) is 9.97 Å². The Labute approximate surface area is 264 Å². The molecule has 0 amide bonds. The highest BCUT2D eigenvalue weighted by Crippen LogP contribution is 2.34. The molecule has 0 aliphatic rings. The van der Waals surface area contributed by atoms with E-state index in [2.05, 4.69) is 117 Å². The summed E-state index contributed by atoms with van der Waals surface area (Å²) < 4.78 is 0. The fraction of sp³-hybridized carbons (Fsp3) is 0. The van der Waals surface area contributed by atoms with E-state index in [4.69, 9.17) is 9.97 Å². The number of fused-ring (bicyclic) bond motifs is 5. The number of hydrogen-bond donors (Lipinski definition) is 0. The van der Waals surface area contributed by atoms with Crippen LogP contribution in [0.5, 0.6) is 0 Å². The van der Waals surface area contributed by atoms with Crippen LogP contribution in [0.15, 0.2) is 146 Å². The summed E-state index contributed by atoms with van der Waals surface area (Å²) in [7, 11) is 0. The monoisotopic (exact) mass is 588 g/mol. The zero-order valence-electron chi connectivity index (χ0n) is 24.5. The van der Waals surface area contributed by atoms with Crippen LogP contribution in [0, 0.1) is 0 Å². The Hall–Kier alpha value is -6.40. The average molecular weight is 589 g/mol. The van der Waals surface area contributed by atoms with Crippen LogP contribution in [0.2, 0.25) is 0 Å². The van der Waals surface area contributed by atoms with Gasteiger partial charge in [-0.3, -0.25) is 19.9 Å². The Morgan fingerprint density at radius 3 is 1.76 bits per heavy atom. The first kappa shape index (κ1) is 26.0. The van der Waals surface area contributed by atoms with Crippen LogP contribution in [0.1, 0.15) is 0 Å². The molecule has 5 aromatic heterocycles. The molecule has 0 aliphatic heterocycles. The van der Waals surface area contributed by atoms with Crippen molar-refractivity contribution in [1.82, 2.24) is 29.9 Å². The van der Waals surface area contributed by atoms with Crippen LogP contribution in [0.25, 0.3) is 88.5 Å². The Morgan fingerprint density at radius 2 is 1.02 bits per heavy atom. The number of rotatable bonds is 4. The smallest absolute Gasteiger partial charge is 0.107 e. The molecule has 6 heteroatoms. The quantitative estimate of drug-likeness (QED) is 0.191. The molecule has 9 aromatic rings. The lowest BCUT2D eigenvalue weighted by molar-refractivity contribution is 1.19. The minimum Gasteiger partial charge on any atom is -0.261 e. The summed E-state index contributed by atoms with van der Waals surface area (Å²) in [6.07, 6.45) is 8.74. The number of nitrogens with zero attached hydrogens (tertiary/aromatic N) is 6. The Morgan fingerprint density at radius 1 is 0.391 bits per heavy atom.